The predicted octanol–water partition coefficient (Wildman–Crippen LogP) is 6.13. The summed E-state index contributed by atoms with van der Waals surface area (Å²) < 4.78 is 6.29. The molecule has 0 saturated carbocycles. The normalized spacial score (nSPS) is 11.4. The van der Waals surface area contributed by atoms with Crippen LogP contribution in [0.1, 0.15) is 44.6 Å². The van der Waals surface area contributed by atoms with Gasteiger partial charge in [0.2, 0.25) is 0 Å². The number of benzene rings is 2. The summed E-state index contributed by atoms with van der Waals surface area (Å²) >= 11 is 3.60. The third-order valence-electron chi connectivity index (χ3n) is 5.05. The Morgan fingerprint density at radius 1 is 1.11 bits per heavy atom. The summed E-state index contributed by atoms with van der Waals surface area (Å²) in [7, 11) is 1.99. The molecule has 0 bridgehead atoms. The van der Waals surface area contributed by atoms with Crippen LogP contribution in [0.25, 0.3) is 21.7 Å². The van der Waals surface area contributed by atoms with Gasteiger partial charge in [-0.1, -0.05) is 50.3 Å². The van der Waals surface area contributed by atoms with Crippen molar-refractivity contribution >= 4 is 43.4 Å². The second kappa shape index (κ2) is 8.34. The smallest absolute Gasteiger partial charge is 0.344 e. The van der Waals surface area contributed by atoms with Crippen molar-refractivity contribution in [3.8, 4) is 5.75 Å². The van der Waals surface area contributed by atoms with Crippen LogP contribution in [0.3, 0.4) is 0 Å². The van der Waals surface area contributed by atoms with E-state index in [2.05, 4.69) is 27.8 Å². The molecule has 0 aliphatic carbocycles. The van der Waals surface area contributed by atoms with E-state index in [9.17, 15) is 9.90 Å². The zero-order valence-corrected chi connectivity index (χ0v) is 17.7. The van der Waals surface area contributed by atoms with Crippen molar-refractivity contribution in [1.29, 1.82) is 0 Å². The van der Waals surface area contributed by atoms with Crippen molar-refractivity contribution in [1.82, 2.24) is 0 Å². The van der Waals surface area contributed by atoms with Gasteiger partial charge in [-0.05, 0) is 35.3 Å². The number of nitrogens with zero attached hydrogens (tertiary/aromatic N) is 1. The number of aryl methyl sites for hydroxylation is 1. The largest absolute Gasteiger partial charge is 0.507 e. The van der Waals surface area contributed by atoms with Gasteiger partial charge >= 0.3 is 5.63 Å². The quantitative estimate of drug-likeness (QED) is 0.277. The molecular formula is C22H26BrNO3. The second-order valence-electron chi connectivity index (χ2n) is 7.21. The third kappa shape index (κ3) is 3.98. The van der Waals surface area contributed by atoms with Crippen molar-refractivity contribution < 1.29 is 9.52 Å². The lowest BCUT2D eigenvalue weighted by Crippen LogP contribution is -2.19. The van der Waals surface area contributed by atoms with Gasteiger partial charge in [-0.15, -0.1) is 0 Å². The monoisotopic (exact) mass is 431 g/mol. The molecule has 0 saturated heterocycles. The van der Waals surface area contributed by atoms with Gasteiger partial charge in [-0.3, -0.25) is 0 Å². The molecule has 0 atom stereocenters. The Morgan fingerprint density at radius 3 is 2.59 bits per heavy atom. The number of hydrogen-bond donors (Lipinski definition) is 1. The van der Waals surface area contributed by atoms with E-state index in [0.717, 1.165) is 24.2 Å². The molecule has 0 aliphatic rings. The van der Waals surface area contributed by atoms with E-state index in [1.165, 1.54) is 25.7 Å². The van der Waals surface area contributed by atoms with Crippen LogP contribution in [0.15, 0.2) is 37.9 Å². The molecule has 0 radical (unpaired) electrons. The fraction of sp³-hybridized carbons (Fsp3) is 0.409. The summed E-state index contributed by atoms with van der Waals surface area (Å²) in [6.45, 7) is 5.05. The van der Waals surface area contributed by atoms with Gasteiger partial charge in [0.25, 0.3) is 0 Å². The zero-order valence-electron chi connectivity index (χ0n) is 16.1. The lowest BCUT2D eigenvalue weighted by molar-refractivity contribution is 0.479. The molecule has 2 aromatic carbocycles. The lowest BCUT2D eigenvalue weighted by Gasteiger charge is -2.22. The van der Waals surface area contributed by atoms with E-state index >= 15 is 0 Å². The summed E-state index contributed by atoms with van der Waals surface area (Å²) in [6.07, 6.45) is 6.01. The van der Waals surface area contributed by atoms with Gasteiger partial charge in [0, 0.05) is 25.0 Å². The first-order chi connectivity index (χ1) is 12.9. The highest BCUT2D eigenvalue weighted by molar-refractivity contribution is 9.10. The zero-order chi connectivity index (χ0) is 19.6. The fourth-order valence-corrected chi connectivity index (χ4v) is 4.20. The number of phenolic OH excluding ortho intramolecular Hbond substituents is 1. The minimum absolute atomic E-state index is 0.125. The Hall–Kier alpha value is -2.01. The molecule has 1 aromatic heterocycles. The molecule has 3 rings (SSSR count). The maximum absolute atomic E-state index is 12.4. The number of unbranched alkanes of at least 4 members (excludes halogenated alkanes) is 4. The average molecular weight is 432 g/mol. The van der Waals surface area contributed by atoms with Crippen molar-refractivity contribution in [3.05, 3.63) is 44.7 Å². The van der Waals surface area contributed by atoms with E-state index in [4.69, 9.17) is 4.42 Å². The Bertz CT molecular complexity index is 1030. The van der Waals surface area contributed by atoms with E-state index in [-0.39, 0.29) is 5.75 Å². The van der Waals surface area contributed by atoms with Gasteiger partial charge < -0.3 is 14.4 Å². The third-order valence-corrected chi connectivity index (χ3v) is 5.81. The van der Waals surface area contributed by atoms with Gasteiger partial charge in [0.1, 0.15) is 5.75 Å². The summed E-state index contributed by atoms with van der Waals surface area (Å²) in [5, 5.41) is 12.5. The maximum atomic E-state index is 12.4. The number of fused-ring (bicyclic) bond motifs is 3. The molecule has 5 heteroatoms. The molecule has 0 unspecified atom stereocenters. The Labute approximate surface area is 167 Å². The fourth-order valence-electron chi connectivity index (χ4n) is 3.50. The molecule has 3 aromatic rings. The van der Waals surface area contributed by atoms with Crippen LogP contribution in [0.5, 0.6) is 5.75 Å². The summed E-state index contributed by atoms with van der Waals surface area (Å²) in [4.78, 5) is 14.5. The number of rotatable bonds is 7. The minimum atomic E-state index is -0.392. The van der Waals surface area contributed by atoms with Crippen molar-refractivity contribution in [3.63, 3.8) is 0 Å². The van der Waals surface area contributed by atoms with Crippen molar-refractivity contribution in [2.24, 2.45) is 0 Å². The number of aromatic hydroxyl groups is 1. The van der Waals surface area contributed by atoms with Gasteiger partial charge in [-0.25, -0.2) is 4.79 Å². The minimum Gasteiger partial charge on any atom is -0.507 e. The Morgan fingerprint density at radius 2 is 1.85 bits per heavy atom. The van der Waals surface area contributed by atoms with Crippen LogP contribution in [0.2, 0.25) is 0 Å². The SMILES string of the molecule is CCCCCCCN(C)c1cc(O)c2c(oc(=O)c3ccc(C)cc32)c1Br. The molecule has 0 spiro atoms. The number of halogens is 1. The Kier molecular flexibility index (Phi) is 6.10. The summed E-state index contributed by atoms with van der Waals surface area (Å²) in [6, 6.07) is 7.29. The number of hydrogen-bond acceptors (Lipinski definition) is 4. The molecule has 0 aliphatic heterocycles. The second-order valence-corrected chi connectivity index (χ2v) is 8.00. The molecule has 0 fully saturated rings. The van der Waals surface area contributed by atoms with Crippen LogP contribution in [0, 0.1) is 6.92 Å². The highest BCUT2D eigenvalue weighted by atomic mass is 79.9. The summed E-state index contributed by atoms with van der Waals surface area (Å²) in [5.41, 5.74) is 1.85. The highest BCUT2D eigenvalue weighted by Crippen LogP contribution is 2.41. The molecule has 1 heterocycles. The topological polar surface area (TPSA) is 53.7 Å². The van der Waals surface area contributed by atoms with Crippen LogP contribution in [0.4, 0.5) is 5.69 Å². The first kappa shape index (κ1) is 19.7. The molecule has 27 heavy (non-hydrogen) atoms. The van der Waals surface area contributed by atoms with Gasteiger partial charge in [-0.2, -0.15) is 0 Å². The molecule has 0 amide bonds. The molecule has 144 valence electrons. The predicted molar refractivity (Wildman–Crippen MR) is 116 cm³/mol. The van der Waals surface area contributed by atoms with Crippen LogP contribution in [-0.2, 0) is 0 Å². The molecule has 4 nitrogen and oxygen atoms in total. The maximum Gasteiger partial charge on any atom is 0.344 e. The van der Waals surface area contributed by atoms with E-state index in [1.807, 2.05) is 26.1 Å². The van der Waals surface area contributed by atoms with E-state index in [1.54, 1.807) is 12.1 Å². The number of anilines is 1. The molecular weight excluding hydrogens is 406 g/mol. The Balaban J connectivity index is 2.03. The van der Waals surface area contributed by atoms with E-state index in [0.29, 0.717) is 26.2 Å². The lowest BCUT2D eigenvalue weighted by atomic mass is 10.0. The van der Waals surface area contributed by atoms with Crippen molar-refractivity contribution in [2.45, 2.75) is 46.0 Å². The molecule has 1 N–H and O–H groups in total. The first-order valence-electron chi connectivity index (χ1n) is 9.53. The summed E-state index contributed by atoms with van der Waals surface area (Å²) in [5.74, 6) is 0.125. The van der Waals surface area contributed by atoms with Gasteiger partial charge in [0.05, 0.1) is 20.9 Å². The van der Waals surface area contributed by atoms with Crippen molar-refractivity contribution in [2.75, 3.05) is 18.5 Å². The number of phenols is 1. The van der Waals surface area contributed by atoms with Crippen LogP contribution < -0.4 is 10.5 Å². The standard InChI is InChI=1S/C22H26BrNO3/c1-4-5-6-7-8-11-24(3)17-13-18(25)19-16-12-14(2)9-10-15(16)22(26)27-21(19)20(17)23/h9-10,12-13,25H,4-8,11H2,1-3H3. The first-order valence-corrected chi connectivity index (χ1v) is 10.3. The van der Waals surface area contributed by atoms with E-state index < -0.39 is 5.63 Å². The van der Waals surface area contributed by atoms with Crippen LogP contribution in [-0.4, -0.2) is 18.7 Å². The van der Waals surface area contributed by atoms with Gasteiger partial charge in [0.15, 0.2) is 5.58 Å². The highest BCUT2D eigenvalue weighted by Gasteiger charge is 2.19. The van der Waals surface area contributed by atoms with Crippen LogP contribution >= 0.6 is 15.9 Å². The average Bonchev–Trinajstić information content (AvgIpc) is 2.63.